The van der Waals surface area contributed by atoms with Crippen LogP contribution in [0.25, 0.3) is 0 Å². The van der Waals surface area contributed by atoms with Crippen molar-refractivity contribution in [3.8, 4) is 0 Å². The molecule has 9 nitrogen and oxygen atoms in total. The number of ether oxygens (including phenoxy) is 2. The maximum absolute atomic E-state index is 12.9. The van der Waals surface area contributed by atoms with E-state index in [9.17, 15) is 4.79 Å². The molecular formula is C16H24N4O5. The Morgan fingerprint density at radius 2 is 2.28 bits per heavy atom. The molecular weight excluding hydrogens is 328 g/mol. The third-order valence-electron chi connectivity index (χ3n) is 5.29. The van der Waals surface area contributed by atoms with Gasteiger partial charge in [0.15, 0.2) is 0 Å². The van der Waals surface area contributed by atoms with Crippen LogP contribution in [0.5, 0.6) is 0 Å². The molecule has 9 heteroatoms. The van der Waals surface area contributed by atoms with Gasteiger partial charge in [-0.2, -0.15) is 0 Å². The Hall–Kier alpha value is -2.00. The van der Waals surface area contributed by atoms with Crippen LogP contribution in [-0.2, 0) is 27.2 Å². The van der Waals surface area contributed by atoms with Gasteiger partial charge in [0, 0.05) is 44.5 Å². The number of aromatic nitrogens is 3. The van der Waals surface area contributed by atoms with E-state index in [2.05, 4.69) is 10.2 Å². The van der Waals surface area contributed by atoms with E-state index in [1.807, 2.05) is 9.47 Å². The lowest BCUT2D eigenvalue weighted by Gasteiger charge is -2.26. The lowest BCUT2D eigenvalue weighted by atomic mass is 9.82. The summed E-state index contributed by atoms with van der Waals surface area (Å²) in [5.74, 6) is 1.82. The van der Waals surface area contributed by atoms with Gasteiger partial charge < -0.3 is 24.0 Å². The summed E-state index contributed by atoms with van der Waals surface area (Å²) in [6.07, 6.45) is 3.14. The van der Waals surface area contributed by atoms with Crippen molar-refractivity contribution < 1.29 is 24.2 Å². The number of methoxy groups -OCH3 is 1. The third kappa shape index (κ3) is 3.25. The number of aryl methyl sites for hydroxylation is 1. The van der Waals surface area contributed by atoms with Crippen molar-refractivity contribution in [1.29, 1.82) is 0 Å². The van der Waals surface area contributed by atoms with Crippen molar-refractivity contribution in [2.75, 3.05) is 40.0 Å². The normalized spacial score (nSPS) is 27.2. The van der Waals surface area contributed by atoms with E-state index in [0.29, 0.717) is 38.1 Å². The fourth-order valence-corrected chi connectivity index (χ4v) is 4.09. The van der Waals surface area contributed by atoms with Gasteiger partial charge in [-0.1, -0.05) is 0 Å². The van der Waals surface area contributed by atoms with Crippen LogP contribution in [0.15, 0.2) is 0 Å². The second-order valence-electron chi connectivity index (χ2n) is 6.85. The lowest BCUT2D eigenvalue weighted by Crippen LogP contribution is -2.37. The van der Waals surface area contributed by atoms with Gasteiger partial charge in [-0.3, -0.25) is 9.59 Å². The first-order chi connectivity index (χ1) is 12.1. The van der Waals surface area contributed by atoms with E-state index in [-0.39, 0.29) is 17.8 Å². The summed E-state index contributed by atoms with van der Waals surface area (Å²) in [7, 11) is 1.71. The number of hydrogen-bond donors (Lipinski definition) is 1. The highest BCUT2D eigenvalue weighted by atomic mass is 16.5. The van der Waals surface area contributed by atoms with Crippen molar-refractivity contribution in [3.05, 3.63) is 11.6 Å². The van der Waals surface area contributed by atoms with E-state index < -0.39 is 0 Å². The van der Waals surface area contributed by atoms with Gasteiger partial charge in [0.05, 0.1) is 19.8 Å². The van der Waals surface area contributed by atoms with Gasteiger partial charge in [0.25, 0.3) is 12.4 Å². The van der Waals surface area contributed by atoms with Crippen LogP contribution in [0.4, 0.5) is 0 Å². The van der Waals surface area contributed by atoms with E-state index in [4.69, 9.17) is 19.4 Å². The first-order valence-electron chi connectivity index (χ1n) is 8.51. The van der Waals surface area contributed by atoms with Crippen LogP contribution in [0, 0.1) is 11.3 Å². The molecule has 4 rings (SSSR count). The number of nitrogens with zero attached hydrogens (tertiary/aromatic N) is 4. The Balaban J connectivity index is 0.000000569. The van der Waals surface area contributed by atoms with Gasteiger partial charge in [0.2, 0.25) is 5.82 Å². The largest absolute Gasteiger partial charge is 0.483 e. The van der Waals surface area contributed by atoms with E-state index >= 15 is 0 Å². The summed E-state index contributed by atoms with van der Waals surface area (Å²) in [5, 5.41) is 15.2. The lowest BCUT2D eigenvalue weighted by molar-refractivity contribution is -0.122. The number of likely N-dealkylation sites (tertiary alicyclic amines) is 1. The molecule has 25 heavy (non-hydrogen) atoms. The highest BCUT2D eigenvalue weighted by molar-refractivity contribution is 5.91. The molecule has 0 saturated carbocycles. The first kappa shape index (κ1) is 17.8. The molecule has 3 aliphatic heterocycles. The standard InChI is InChI=1S/C15H22N4O3.CH2O2/c1-21-9-15-8-18(6-11(15)7-22-10-15)14(20)13-17-16-12-4-2-3-5-19(12)13;2-1-3/h11H,2-10H2,1H3;1H,(H,2,3)/t11-,15-;/m0./s1. The zero-order chi connectivity index (χ0) is 17.9. The maximum atomic E-state index is 12.9. The van der Waals surface area contributed by atoms with Crippen LogP contribution in [0.2, 0.25) is 0 Å². The Bertz CT molecular complexity index is 634. The van der Waals surface area contributed by atoms with Gasteiger partial charge in [-0.15, -0.1) is 10.2 Å². The number of carbonyl (C=O) groups is 2. The summed E-state index contributed by atoms with van der Waals surface area (Å²) in [4.78, 5) is 23.2. The average molecular weight is 352 g/mol. The predicted molar refractivity (Wildman–Crippen MR) is 86.2 cm³/mol. The second kappa shape index (κ2) is 7.49. The smallest absolute Gasteiger partial charge is 0.291 e. The molecule has 0 aliphatic carbocycles. The molecule has 1 aromatic rings. The van der Waals surface area contributed by atoms with E-state index in [1.54, 1.807) is 7.11 Å². The molecule has 0 spiro atoms. The Labute approximate surface area is 145 Å². The SMILES string of the molecule is COC[C@@]12COC[C@@H]1CN(C(=O)c1nnc3n1CCCC3)C2.O=CO. The minimum atomic E-state index is -0.250. The van der Waals surface area contributed by atoms with Crippen LogP contribution in [-0.4, -0.2) is 77.2 Å². The van der Waals surface area contributed by atoms with Gasteiger partial charge in [-0.05, 0) is 12.8 Å². The zero-order valence-corrected chi connectivity index (χ0v) is 14.4. The molecule has 2 atom stereocenters. The highest BCUT2D eigenvalue weighted by Crippen LogP contribution is 2.41. The molecule has 2 fully saturated rings. The maximum Gasteiger partial charge on any atom is 0.291 e. The van der Waals surface area contributed by atoms with Crippen molar-refractivity contribution in [2.45, 2.75) is 25.8 Å². The average Bonchev–Trinajstić information content (AvgIpc) is 3.27. The van der Waals surface area contributed by atoms with Gasteiger partial charge in [0.1, 0.15) is 5.82 Å². The number of amides is 1. The minimum Gasteiger partial charge on any atom is -0.483 e. The summed E-state index contributed by atoms with van der Waals surface area (Å²) < 4.78 is 13.0. The van der Waals surface area contributed by atoms with Crippen LogP contribution in [0.3, 0.4) is 0 Å². The highest BCUT2D eigenvalue weighted by Gasteiger charge is 2.52. The fraction of sp³-hybridized carbons (Fsp3) is 0.750. The minimum absolute atomic E-state index is 0.00512. The summed E-state index contributed by atoms with van der Waals surface area (Å²) in [5.41, 5.74) is -0.0465. The number of carboxylic acid groups (broad SMARTS) is 1. The molecule has 0 bridgehead atoms. The van der Waals surface area contributed by atoms with Crippen LogP contribution in [0.1, 0.15) is 29.3 Å². The van der Waals surface area contributed by atoms with E-state index in [1.165, 1.54) is 0 Å². The molecule has 138 valence electrons. The topological polar surface area (TPSA) is 107 Å². The molecule has 1 aromatic heterocycles. The molecule has 0 unspecified atom stereocenters. The van der Waals surface area contributed by atoms with E-state index in [0.717, 1.165) is 38.2 Å². The second-order valence-corrected chi connectivity index (χ2v) is 6.85. The number of carbonyl (C=O) groups excluding carboxylic acids is 1. The molecule has 1 N–H and O–H groups in total. The molecule has 2 saturated heterocycles. The Kier molecular flexibility index (Phi) is 5.33. The Morgan fingerprint density at radius 1 is 1.48 bits per heavy atom. The summed E-state index contributed by atoms with van der Waals surface area (Å²) >= 11 is 0. The van der Waals surface area contributed by atoms with Crippen molar-refractivity contribution in [2.24, 2.45) is 11.3 Å². The number of fused-ring (bicyclic) bond motifs is 2. The molecule has 0 radical (unpaired) electrons. The van der Waals surface area contributed by atoms with Crippen molar-refractivity contribution in [1.82, 2.24) is 19.7 Å². The summed E-state index contributed by atoms with van der Waals surface area (Å²) in [6.45, 7) is 4.04. The zero-order valence-electron chi connectivity index (χ0n) is 14.4. The van der Waals surface area contributed by atoms with Gasteiger partial charge >= 0.3 is 0 Å². The number of rotatable bonds is 3. The summed E-state index contributed by atoms with van der Waals surface area (Å²) in [6, 6.07) is 0. The quantitative estimate of drug-likeness (QED) is 0.766. The Morgan fingerprint density at radius 3 is 3.04 bits per heavy atom. The van der Waals surface area contributed by atoms with Crippen LogP contribution >= 0.6 is 0 Å². The number of hydrogen-bond acceptors (Lipinski definition) is 6. The van der Waals surface area contributed by atoms with Crippen LogP contribution < -0.4 is 0 Å². The molecule has 4 heterocycles. The monoisotopic (exact) mass is 352 g/mol. The molecule has 0 aromatic carbocycles. The fourth-order valence-electron chi connectivity index (χ4n) is 4.09. The first-order valence-corrected chi connectivity index (χ1v) is 8.51. The molecule has 1 amide bonds. The molecule has 3 aliphatic rings. The van der Waals surface area contributed by atoms with Crippen molar-refractivity contribution in [3.63, 3.8) is 0 Å². The predicted octanol–water partition coefficient (Wildman–Crippen LogP) is 0.0502. The van der Waals surface area contributed by atoms with Gasteiger partial charge in [-0.25, -0.2) is 0 Å². The van der Waals surface area contributed by atoms with Crippen molar-refractivity contribution >= 4 is 12.4 Å². The third-order valence-corrected chi connectivity index (χ3v) is 5.29.